The standard InChI is InChI=1S/C34H49N3O3/c1-29(2)11-13-34(20-37-16-15-36-28(37)40)14-12-33(7)26(21(34)18-29)23(38)17-25-31(5)19-22(35-8)27(39)30(3,4)24(31)9-10-32(25,33)6/h17,21,24,26,39H,9-16,18-20H2,1-7H3,(H,36,40)/t21-,24-,26-,31-,32+,33+,34+/m0/s1. The lowest BCUT2D eigenvalue weighted by Gasteiger charge is -2.70. The Balaban J connectivity index is 1.47. The second-order valence-corrected chi connectivity index (χ2v) is 16.5. The van der Waals surface area contributed by atoms with Gasteiger partial charge in [0.15, 0.2) is 5.78 Å². The van der Waals surface area contributed by atoms with Crippen LogP contribution in [-0.2, 0) is 4.79 Å². The highest BCUT2D eigenvalue weighted by Crippen LogP contribution is 2.75. The van der Waals surface area contributed by atoms with Crippen LogP contribution in [0.1, 0.15) is 99.8 Å². The second kappa shape index (κ2) is 8.39. The van der Waals surface area contributed by atoms with Crippen molar-refractivity contribution in [2.24, 2.45) is 50.2 Å². The summed E-state index contributed by atoms with van der Waals surface area (Å²) in [5.74, 6) is 0.902. The molecule has 0 aromatic rings. The van der Waals surface area contributed by atoms with Crippen molar-refractivity contribution < 1.29 is 14.7 Å². The molecule has 40 heavy (non-hydrogen) atoms. The van der Waals surface area contributed by atoms with Gasteiger partial charge < -0.3 is 15.3 Å². The second-order valence-electron chi connectivity index (χ2n) is 16.5. The van der Waals surface area contributed by atoms with E-state index in [1.165, 1.54) is 5.57 Å². The minimum Gasteiger partial charge on any atom is -0.523 e. The van der Waals surface area contributed by atoms with Gasteiger partial charge in [0.2, 0.25) is 5.70 Å². The quantitative estimate of drug-likeness (QED) is 0.357. The maximum Gasteiger partial charge on any atom is 0.317 e. The zero-order valence-corrected chi connectivity index (χ0v) is 25.7. The maximum atomic E-state index is 14.6. The van der Waals surface area contributed by atoms with Gasteiger partial charge in [0.05, 0.1) is 6.57 Å². The van der Waals surface area contributed by atoms with Crippen molar-refractivity contribution in [3.8, 4) is 0 Å². The lowest BCUT2D eigenvalue weighted by Crippen LogP contribution is -2.65. The molecule has 218 valence electrons. The summed E-state index contributed by atoms with van der Waals surface area (Å²) in [6, 6.07) is 0.0495. The molecule has 0 bridgehead atoms. The monoisotopic (exact) mass is 547 g/mol. The van der Waals surface area contributed by atoms with E-state index in [4.69, 9.17) is 6.57 Å². The first-order chi connectivity index (χ1) is 18.5. The van der Waals surface area contributed by atoms with Crippen LogP contribution in [0.4, 0.5) is 4.79 Å². The normalized spacial score (nSPS) is 45.4. The average molecular weight is 548 g/mol. The molecule has 6 aliphatic rings. The van der Waals surface area contributed by atoms with Crippen LogP contribution in [0, 0.1) is 56.8 Å². The minimum absolute atomic E-state index is 0.0154. The van der Waals surface area contributed by atoms with Crippen LogP contribution in [0.3, 0.4) is 0 Å². The highest BCUT2D eigenvalue weighted by Gasteiger charge is 2.70. The average Bonchev–Trinajstić information content (AvgIpc) is 3.27. The number of fused-ring (bicyclic) bond motifs is 7. The maximum absolute atomic E-state index is 14.6. The van der Waals surface area contributed by atoms with E-state index >= 15 is 0 Å². The van der Waals surface area contributed by atoms with Crippen LogP contribution in [0.2, 0.25) is 0 Å². The number of hydrogen-bond donors (Lipinski definition) is 2. The van der Waals surface area contributed by atoms with Crippen molar-refractivity contribution in [2.75, 3.05) is 19.6 Å². The van der Waals surface area contributed by atoms with Gasteiger partial charge in [0.25, 0.3) is 0 Å². The molecule has 5 aliphatic carbocycles. The Labute approximate surface area is 240 Å². The molecule has 0 aromatic carbocycles. The van der Waals surface area contributed by atoms with Crippen molar-refractivity contribution in [3.63, 3.8) is 0 Å². The Bertz CT molecular complexity index is 1270. The van der Waals surface area contributed by atoms with Gasteiger partial charge in [-0.25, -0.2) is 9.64 Å². The van der Waals surface area contributed by atoms with Gasteiger partial charge in [-0.1, -0.05) is 54.0 Å². The molecule has 0 unspecified atom stereocenters. The lowest BCUT2D eigenvalue weighted by atomic mass is 9.34. The van der Waals surface area contributed by atoms with E-state index in [0.717, 1.165) is 58.0 Å². The van der Waals surface area contributed by atoms with Crippen molar-refractivity contribution >= 4 is 11.8 Å². The fourth-order valence-electron chi connectivity index (χ4n) is 11.3. The number of rotatable bonds is 2. The van der Waals surface area contributed by atoms with Crippen molar-refractivity contribution in [1.82, 2.24) is 10.2 Å². The van der Waals surface area contributed by atoms with E-state index in [9.17, 15) is 14.7 Å². The van der Waals surface area contributed by atoms with E-state index in [1.54, 1.807) is 0 Å². The predicted octanol–water partition coefficient (Wildman–Crippen LogP) is 7.29. The Kier molecular flexibility index (Phi) is 5.84. The van der Waals surface area contributed by atoms with Crippen LogP contribution >= 0.6 is 0 Å². The first-order valence-electron chi connectivity index (χ1n) is 15.6. The van der Waals surface area contributed by atoms with Crippen molar-refractivity contribution in [1.29, 1.82) is 0 Å². The van der Waals surface area contributed by atoms with Crippen LogP contribution < -0.4 is 5.32 Å². The van der Waals surface area contributed by atoms with Crippen LogP contribution in [0.15, 0.2) is 23.1 Å². The van der Waals surface area contributed by atoms with Crippen molar-refractivity contribution in [2.45, 2.75) is 99.8 Å². The summed E-state index contributed by atoms with van der Waals surface area (Å²) in [6.45, 7) is 26.1. The number of amides is 2. The molecule has 4 fully saturated rings. The number of carbonyl (C=O) groups excluding carboxylic acids is 2. The molecular formula is C34H49N3O3. The number of aliphatic hydroxyl groups is 1. The molecular weight excluding hydrogens is 498 g/mol. The van der Waals surface area contributed by atoms with Gasteiger partial charge in [-0.05, 0) is 96.4 Å². The topological polar surface area (TPSA) is 74.0 Å². The van der Waals surface area contributed by atoms with E-state index < -0.39 is 5.41 Å². The molecule has 2 amide bonds. The minimum atomic E-state index is -0.499. The smallest absolute Gasteiger partial charge is 0.317 e. The van der Waals surface area contributed by atoms with Gasteiger partial charge >= 0.3 is 6.03 Å². The first-order valence-corrected chi connectivity index (χ1v) is 15.6. The molecule has 0 aromatic heterocycles. The van der Waals surface area contributed by atoms with Gasteiger partial charge in [0.1, 0.15) is 5.76 Å². The predicted molar refractivity (Wildman–Crippen MR) is 156 cm³/mol. The number of ketones is 1. The zero-order chi connectivity index (χ0) is 29.1. The third-order valence-corrected chi connectivity index (χ3v) is 13.7. The largest absolute Gasteiger partial charge is 0.523 e. The third-order valence-electron chi connectivity index (χ3n) is 13.7. The molecule has 1 heterocycles. The summed E-state index contributed by atoms with van der Waals surface area (Å²) in [5.41, 5.74) is 0.709. The number of nitrogens with zero attached hydrogens (tertiary/aromatic N) is 2. The van der Waals surface area contributed by atoms with E-state index in [1.807, 2.05) is 11.0 Å². The summed E-state index contributed by atoms with van der Waals surface area (Å²) in [7, 11) is 0. The van der Waals surface area contributed by atoms with Gasteiger partial charge in [-0.3, -0.25) is 4.79 Å². The number of carbonyl (C=O) groups is 2. The number of hydrogen-bond acceptors (Lipinski definition) is 3. The molecule has 0 spiro atoms. The van der Waals surface area contributed by atoms with Gasteiger partial charge in [-0.15, -0.1) is 0 Å². The molecule has 6 nitrogen and oxygen atoms in total. The van der Waals surface area contributed by atoms with Crippen LogP contribution in [-0.4, -0.2) is 41.5 Å². The van der Waals surface area contributed by atoms with E-state index in [0.29, 0.717) is 18.7 Å². The highest BCUT2D eigenvalue weighted by atomic mass is 16.3. The lowest BCUT2D eigenvalue weighted by molar-refractivity contribution is -0.174. The molecule has 2 N–H and O–H groups in total. The van der Waals surface area contributed by atoms with Crippen LogP contribution in [0.5, 0.6) is 0 Å². The summed E-state index contributed by atoms with van der Waals surface area (Å²) in [4.78, 5) is 33.2. The number of allylic oxidation sites excluding steroid dienone is 4. The SMILES string of the molecule is [C-]#[N+]C1=C(O)C(C)(C)[C@@H]2CC[C@]3(C)C(=CC(=O)[C@@H]4[C@@H]5CC(C)(C)CC[C@]5(CN5CCNC5=O)CC[C@]43C)[C@@]2(C)C1. The summed E-state index contributed by atoms with van der Waals surface area (Å²) >= 11 is 0. The number of aliphatic hydroxyl groups excluding tert-OH is 1. The first kappa shape index (κ1) is 27.9. The zero-order valence-electron chi connectivity index (χ0n) is 25.7. The molecule has 3 saturated carbocycles. The summed E-state index contributed by atoms with van der Waals surface area (Å²) in [6.07, 6.45) is 9.83. The number of nitrogens with one attached hydrogen (secondary N) is 1. The fraction of sp³-hybridized carbons (Fsp3) is 0.794. The molecule has 7 atom stereocenters. The third kappa shape index (κ3) is 3.45. The van der Waals surface area contributed by atoms with Gasteiger partial charge in [-0.2, -0.15) is 0 Å². The van der Waals surface area contributed by atoms with E-state index in [2.05, 4.69) is 58.6 Å². The Morgan fingerprint density at radius 1 is 1.05 bits per heavy atom. The molecule has 6 heteroatoms. The molecule has 1 saturated heterocycles. The molecule has 6 rings (SSSR count). The summed E-state index contributed by atoms with van der Waals surface area (Å²) < 4.78 is 0. The Morgan fingerprint density at radius 2 is 1.75 bits per heavy atom. The highest BCUT2D eigenvalue weighted by molar-refractivity contribution is 5.95. The fourth-order valence-corrected chi connectivity index (χ4v) is 11.3. The molecule has 0 radical (unpaired) electrons. The van der Waals surface area contributed by atoms with Crippen molar-refractivity contribution in [3.05, 3.63) is 34.5 Å². The van der Waals surface area contributed by atoms with Gasteiger partial charge in [0, 0.05) is 31.0 Å². The van der Waals surface area contributed by atoms with Crippen LogP contribution in [0.25, 0.3) is 4.85 Å². The summed E-state index contributed by atoms with van der Waals surface area (Å²) in [5, 5.41) is 14.1. The molecule has 1 aliphatic heterocycles. The Morgan fingerprint density at radius 3 is 2.40 bits per heavy atom. The Hall–Kier alpha value is -2.29. The van der Waals surface area contributed by atoms with E-state index in [-0.39, 0.29) is 62.4 Å². The number of urea groups is 1.